The van der Waals surface area contributed by atoms with Gasteiger partial charge in [0.05, 0.1) is 31.0 Å². The molecule has 2 aromatic carbocycles. The van der Waals surface area contributed by atoms with Crippen molar-refractivity contribution in [2.75, 3.05) is 31.5 Å². The molecule has 1 aliphatic rings. The predicted octanol–water partition coefficient (Wildman–Crippen LogP) is 3.61. The maximum Gasteiger partial charge on any atom is 0.202 e. The van der Waals surface area contributed by atoms with Crippen LogP contribution in [-0.2, 0) is 0 Å². The summed E-state index contributed by atoms with van der Waals surface area (Å²) in [6.45, 7) is 3.98. The molecule has 1 saturated heterocycles. The van der Waals surface area contributed by atoms with E-state index in [2.05, 4.69) is 17.6 Å². The van der Waals surface area contributed by atoms with Crippen molar-refractivity contribution in [1.29, 1.82) is 0 Å². The van der Waals surface area contributed by atoms with E-state index >= 15 is 0 Å². The molecule has 1 atom stereocenters. The Labute approximate surface area is 187 Å². The molecule has 5 N–H and O–H groups in total. The average molecular weight is 536 g/mol. The van der Waals surface area contributed by atoms with Crippen LogP contribution in [0.1, 0.15) is 31.6 Å². The number of nitrogens with zero attached hydrogens (tertiary/aromatic N) is 1. The lowest BCUT2D eigenvalue weighted by atomic mass is 9.92. The number of aliphatic hydroxyl groups is 1. The molecule has 164 valence electrons. The molecule has 0 aromatic heterocycles. The molecule has 1 aliphatic heterocycles. The summed E-state index contributed by atoms with van der Waals surface area (Å²) in [5.41, 5.74) is -0.991. The van der Waals surface area contributed by atoms with Gasteiger partial charge >= 0.3 is 0 Å². The number of likely N-dealkylation sites (tertiary alicyclic amines) is 1. The number of halogens is 4. The summed E-state index contributed by atoms with van der Waals surface area (Å²) < 4.78 is 43.3. The van der Waals surface area contributed by atoms with Gasteiger partial charge in [-0.1, -0.05) is 13.3 Å². The fourth-order valence-corrected chi connectivity index (χ4v) is 3.93. The third-order valence-electron chi connectivity index (χ3n) is 5.12. The van der Waals surface area contributed by atoms with Gasteiger partial charge < -0.3 is 20.8 Å². The molecule has 1 unspecified atom stereocenters. The van der Waals surface area contributed by atoms with Gasteiger partial charge in [-0.15, -0.1) is 0 Å². The van der Waals surface area contributed by atoms with E-state index in [9.17, 15) is 18.3 Å². The Morgan fingerprint density at radius 2 is 1.93 bits per heavy atom. The fraction of sp³-hybridized carbons (Fsp3) is 0.429. The molecular formula is C21H26F3IN3O2+. The van der Waals surface area contributed by atoms with Crippen LogP contribution >= 0.6 is 22.6 Å². The maximum atomic E-state index is 14.6. The van der Waals surface area contributed by atoms with Crippen LogP contribution in [0.4, 0.5) is 24.5 Å². The number of anilines is 2. The van der Waals surface area contributed by atoms with Crippen LogP contribution < -0.4 is 10.6 Å². The Morgan fingerprint density at radius 3 is 2.60 bits per heavy atom. The van der Waals surface area contributed by atoms with E-state index in [1.807, 2.05) is 22.6 Å². The van der Waals surface area contributed by atoms with Gasteiger partial charge in [0, 0.05) is 9.13 Å². The third-order valence-corrected chi connectivity index (χ3v) is 5.79. The second-order valence-corrected chi connectivity index (χ2v) is 8.91. The van der Waals surface area contributed by atoms with E-state index in [0.717, 1.165) is 25.5 Å². The number of benzene rings is 2. The third kappa shape index (κ3) is 5.25. The lowest BCUT2D eigenvalue weighted by molar-refractivity contribution is -0.160. The van der Waals surface area contributed by atoms with Crippen molar-refractivity contribution in [3.8, 4) is 0 Å². The minimum atomic E-state index is -1.25. The average Bonchev–Trinajstić information content (AvgIpc) is 2.68. The summed E-state index contributed by atoms with van der Waals surface area (Å²) >= 11 is 1.95. The lowest BCUT2D eigenvalue weighted by Crippen LogP contribution is -2.66. The molecule has 2 aromatic rings. The minimum absolute atomic E-state index is 0.0214. The van der Waals surface area contributed by atoms with Crippen molar-refractivity contribution in [3.63, 3.8) is 0 Å². The van der Waals surface area contributed by atoms with Crippen molar-refractivity contribution in [3.05, 3.63) is 56.9 Å². The first-order valence-corrected chi connectivity index (χ1v) is 10.9. The molecule has 9 heteroatoms. The minimum Gasteiger partial charge on any atom is -0.438 e. The van der Waals surface area contributed by atoms with Gasteiger partial charge in [0.25, 0.3) is 0 Å². The summed E-state index contributed by atoms with van der Waals surface area (Å²) in [6.07, 6.45) is 0.848. The largest absolute Gasteiger partial charge is 0.438 e. The summed E-state index contributed by atoms with van der Waals surface area (Å²) in [4.78, 5) is 1.61. The standard InChI is InChI=1S/C21H25F3IN3O2/c1-2-3-8-26-10-21(30)11-28(12-21)20(29)14-5-6-15(22)18(24)19(14)27-17-7-4-13(25)9-16(17)23/h4-7,9,20,26-27,29-30H,2-3,8,10-12H2,1H3/p+1. The van der Waals surface area contributed by atoms with Crippen LogP contribution in [0.15, 0.2) is 30.3 Å². The van der Waals surface area contributed by atoms with Gasteiger partial charge in [-0.25, -0.2) is 13.2 Å². The number of unbranched alkanes of at least 4 members (excludes halogenated alkanes) is 1. The predicted molar refractivity (Wildman–Crippen MR) is 119 cm³/mol. The SMILES string of the molecule is CCCCNCC1([OH2+])CN(C(O)c2ccc(F)c(F)c2Nc2ccc(I)cc2F)C1. The molecule has 1 fully saturated rings. The molecule has 30 heavy (non-hydrogen) atoms. The number of aliphatic hydroxyl groups excluding tert-OH is 1. The molecule has 0 aliphatic carbocycles. The molecule has 0 amide bonds. The first-order chi connectivity index (χ1) is 14.2. The number of hydrogen-bond acceptors (Lipinski definition) is 4. The van der Waals surface area contributed by atoms with Crippen LogP contribution in [0.2, 0.25) is 0 Å². The summed E-state index contributed by atoms with van der Waals surface area (Å²) in [6, 6.07) is 6.54. The molecule has 0 saturated carbocycles. The van der Waals surface area contributed by atoms with Crippen molar-refractivity contribution in [1.82, 2.24) is 10.2 Å². The molecule has 3 rings (SSSR count). The van der Waals surface area contributed by atoms with Crippen LogP contribution in [0, 0.1) is 21.0 Å². The van der Waals surface area contributed by atoms with E-state index in [0.29, 0.717) is 10.1 Å². The highest BCUT2D eigenvalue weighted by Crippen LogP contribution is 2.36. The first kappa shape index (κ1) is 23.3. The smallest absolute Gasteiger partial charge is 0.202 e. The zero-order chi connectivity index (χ0) is 21.9. The van der Waals surface area contributed by atoms with E-state index in [1.54, 1.807) is 11.0 Å². The number of hydrogen-bond donors (Lipinski definition) is 3. The van der Waals surface area contributed by atoms with E-state index < -0.39 is 29.3 Å². The van der Waals surface area contributed by atoms with Crippen molar-refractivity contribution >= 4 is 34.0 Å². The first-order valence-electron chi connectivity index (χ1n) is 9.82. The van der Waals surface area contributed by atoms with Gasteiger partial charge in [0.2, 0.25) is 5.60 Å². The van der Waals surface area contributed by atoms with Gasteiger partial charge in [0.1, 0.15) is 12.0 Å². The second kappa shape index (κ2) is 9.82. The summed E-state index contributed by atoms with van der Waals surface area (Å²) in [7, 11) is 0. The molecule has 5 nitrogen and oxygen atoms in total. The van der Waals surface area contributed by atoms with Gasteiger partial charge in [0.15, 0.2) is 11.6 Å². The highest BCUT2D eigenvalue weighted by molar-refractivity contribution is 14.1. The Balaban J connectivity index is 1.75. The van der Waals surface area contributed by atoms with Gasteiger partial charge in [-0.2, -0.15) is 0 Å². The van der Waals surface area contributed by atoms with Crippen molar-refractivity contribution < 1.29 is 23.4 Å². The van der Waals surface area contributed by atoms with E-state index in [1.165, 1.54) is 18.2 Å². The fourth-order valence-electron chi connectivity index (χ4n) is 3.48. The highest BCUT2D eigenvalue weighted by Gasteiger charge is 2.48. The summed E-state index contributed by atoms with van der Waals surface area (Å²) in [5, 5.41) is 25.0. The molecule has 0 bridgehead atoms. The monoisotopic (exact) mass is 536 g/mol. The topological polar surface area (TPSA) is 70.4 Å². The van der Waals surface area contributed by atoms with Crippen LogP contribution in [-0.4, -0.2) is 46.9 Å². The van der Waals surface area contributed by atoms with E-state index in [4.69, 9.17) is 5.11 Å². The van der Waals surface area contributed by atoms with E-state index in [-0.39, 0.29) is 30.0 Å². The maximum absolute atomic E-state index is 14.6. The molecule has 0 radical (unpaired) electrons. The van der Waals surface area contributed by atoms with Gasteiger partial charge in [-0.3, -0.25) is 4.90 Å². The Bertz CT molecular complexity index is 894. The lowest BCUT2D eigenvalue weighted by Gasteiger charge is -2.45. The number of nitrogens with one attached hydrogen (secondary N) is 2. The second-order valence-electron chi connectivity index (χ2n) is 7.66. The Kier molecular flexibility index (Phi) is 7.61. The Morgan fingerprint density at radius 1 is 1.20 bits per heavy atom. The van der Waals surface area contributed by atoms with Crippen LogP contribution in [0.25, 0.3) is 0 Å². The molecular weight excluding hydrogens is 510 g/mol. The normalized spacial score (nSPS) is 16.9. The van der Waals surface area contributed by atoms with Crippen molar-refractivity contribution in [2.45, 2.75) is 31.6 Å². The summed E-state index contributed by atoms with van der Waals surface area (Å²) in [5.74, 6) is -2.90. The molecule has 1 heterocycles. The number of rotatable bonds is 9. The Hall–Kier alpha value is -1.40. The van der Waals surface area contributed by atoms with Crippen LogP contribution in [0.5, 0.6) is 0 Å². The van der Waals surface area contributed by atoms with Crippen LogP contribution in [0.3, 0.4) is 0 Å². The molecule has 0 spiro atoms. The zero-order valence-electron chi connectivity index (χ0n) is 16.6. The highest BCUT2D eigenvalue weighted by atomic mass is 127. The van der Waals surface area contributed by atoms with Crippen molar-refractivity contribution in [2.24, 2.45) is 0 Å². The van der Waals surface area contributed by atoms with Gasteiger partial charge in [-0.05, 0) is 65.9 Å². The zero-order valence-corrected chi connectivity index (χ0v) is 18.8. The quantitative estimate of drug-likeness (QED) is 0.260.